The zero-order valence-corrected chi connectivity index (χ0v) is 17.6. The Bertz CT molecular complexity index is 929. The van der Waals surface area contributed by atoms with Gasteiger partial charge >= 0.3 is 0 Å². The molecule has 6 nitrogen and oxygen atoms in total. The van der Waals surface area contributed by atoms with Crippen molar-refractivity contribution in [1.82, 2.24) is 9.62 Å². The Kier molecular flexibility index (Phi) is 5.67. The quantitative estimate of drug-likeness (QED) is 0.797. The number of furan rings is 1. The molecule has 2 heterocycles. The Balaban J connectivity index is 1.31. The molecular weight excluding hydrogens is 376 g/mol. The van der Waals surface area contributed by atoms with Crippen LogP contribution in [0.15, 0.2) is 22.6 Å². The summed E-state index contributed by atoms with van der Waals surface area (Å²) in [6.45, 7) is 2.99. The van der Waals surface area contributed by atoms with Gasteiger partial charge in [0.15, 0.2) is 11.3 Å². The number of rotatable bonds is 6. The van der Waals surface area contributed by atoms with E-state index in [1.54, 1.807) is 7.11 Å². The van der Waals surface area contributed by atoms with E-state index in [0.29, 0.717) is 5.92 Å². The predicted molar refractivity (Wildman–Crippen MR) is 110 cm³/mol. The molecule has 2 aliphatic rings. The van der Waals surface area contributed by atoms with E-state index >= 15 is 0 Å². The van der Waals surface area contributed by atoms with E-state index in [0.717, 1.165) is 68.8 Å². The second-order valence-corrected chi connectivity index (χ2v) is 10.0. The van der Waals surface area contributed by atoms with Gasteiger partial charge in [0.1, 0.15) is 5.76 Å². The van der Waals surface area contributed by atoms with Crippen molar-refractivity contribution in [3.8, 4) is 5.75 Å². The van der Waals surface area contributed by atoms with Gasteiger partial charge in [-0.2, -0.15) is 0 Å². The van der Waals surface area contributed by atoms with Crippen LogP contribution in [0.25, 0.3) is 11.0 Å². The molecule has 1 aliphatic carbocycles. The molecule has 154 valence electrons. The van der Waals surface area contributed by atoms with Crippen LogP contribution in [0.4, 0.5) is 0 Å². The Morgan fingerprint density at radius 1 is 1.25 bits per heavy atom. The molecule has 1 aromatic carbocycles. The van der Waals surface area contributed by atoms with E-state index in [2.05, 4.69) is 15.7 Å². The van der Waals surface area contributed by atoms with E-state index in [1.165, 1.54) is 23.6 Å². The number of hydrogen-bond acceptors (Lipinski definition) is 5. The van der Waals surface area contributed by atoms with Crippen molar-refractivity contribution in [2.45, 2.75) is 51.1 Å². The number of sulfonamides is 1. The summed E-state index contributed by atoms with van der Waals surface area (Å²) in [5.41, 5.74) is 2.20. The summed E-state index contributed by atoms with van der Waals surface area (Å²) in [5, 5.41) is 1.19. The molecule has 0 bridgehead atoms. The van der Waals surface area contributed by atoms with E-state index in [-0.39, 0.29) is 6.04 Å². The van der Waals surface area contributed by atoms with E-state index in [1.807, 2.05) is 12.1 Å². The fourth-order valence-electron chi connectivity index (χ4n) is 4.74. The highest BCUT2D eigenvalue weighted by Gasteiger charge is 2.26. The summed E-state index contributed by atoms with van der Waals surface area (Å²) in [5.74, 6) is 2.57. The number of benzene rings is 1. The lowest BCUT2D eigenvalue weighted by Gasteiger charge is -2.31. The molecule has 1 fully saturated rings. The molecule has 2 aromatic rings. The second kappa shape index (κ2) is 8.05. The van der Waals surface area contributed by atoms with Crippen molar-refractivity contribution < 1.29 is 17.6 Å². The Hall–Kier alpha value is -1.57. The van der Waals surface area contributed by atoms with Gasteiger partial charge in [-0.15, -0.1) is 0 Å². The second-order valence-electron chi connectivity index (χ2n) is 8.26. The first-order valence-electron chi connectivity index (χ1n) is 10.2. The lowest BCUT2D eigenvalue weighted by molar-refractivity contribution is 0.197. The van der Waals surface area contributed by atoms with E-state index in [4.69, 9.17) is 9.15 Å². The monoisotopic (exact) mass is 406 g/mol. The van der Waals surface area contributed by atoms with Crippen LogP contribution in [-0.4, -0.2) is 45.8 Å². The number of para-hydroxylation sites is 1. The third kappa shape index (κ3) is 4.36. The number of methoxy groups -OCH3 is 1. The summed E-state index contributed by atoms with van der Waals surface area (Å²) in [7, 11) is -1.41. The van der Waals surface area contributed by atoms with Crippen molar-refractivity contribution in [2.24, 2.45) is 5.92 Å². The van der Waals surface area contributed by atoms with Crippen LogP contribution in [0.3, 0.4) is 0 Å². The number of hydrogen-bond donors (Lipinski definition) is 1. The highest BCUT2D eigenvalue weighted by molar-refractivity contribution is 7.88. The third-order valence-corrected chi connectivity index (χ3v) is 6.97. The Morgan fingerprint density at radius 3 is 2.75 bits per heavy atom. The van der Waals surface area contributed by atoms with Gasteiger partial charge < -0.3 is 9.15 Å². The standard InChI is InChI=1S/C21H30N2O4S/c1-26-19-5-3-4-18-17-11-13-23(14-20(17)27-21(18)19)12-10-15-6-8-16(9-7-15)22-28(2,24)25/h3-5,15-16,22H,6-14H2,1-2H3. The maximum Gasteiger partial charge on any atom is 0.208 e. The SMILES string of the molecule is COc1cccc2c3c(oc12)CN(CCC1CCC(NS(C)(=O)=O)CC1)CC3. The average Bonchev–Trinajstić information content (AvgIpc) is 3.04. The van der Waals surface area contributed by atoms with Crippen LogP contribution in [0.2, 0.25) is 0 Å². The number of nitrogens with one attached hydrogen (secondary N) is 1. The van der Waals surface area contributed by atoms with Gasteiger partial charge in [0.05, 0.1) is 19.9 Å². The number of ether oxygens (including phenoxy) is 1. The molecule has 1 aromatic heterocycles. The molecule has 0 saturated heterocycles. The van der Waals surface area contributed by atoms with Gasteiger partial charge in [-0.1, -0.05) is 12.1 Å². The zero-order chi connectivity index (χ0) is 19.7. The van der Waals surface area contributed by atoms with Crippen LogP contribution in [0.5, 0.6) is 5.75 Å². The number of nitrogens with zero attached hydrogens (tertiary/aromatic N) is 1. The maximum atomic E-state index is 11.4. The van der Waals surface area contributed by atoms with Gasteiger partial charge in [0.25, 0.3) is 0 Å². The van der Waals surface area contributed by atoms with Crippen molar-refractivity contribution in [2.75, 3.05) is 26.5 Å². The third-order valence-electron chi connectivity index (χ3n) is 6.21. The molecule has 0 spiro atoms. The van der Waals surface area contributed by atoms with Crippen LogP contribution >= 0.6 is 0 Å². The van der Waals surface area contributed by atoms with Gasteiger partial charge in [0, 0.05) is 23.5 Å². The predicted octanol–water partition coefficient (Wildman–Crippen LogP) is 3.30. The summed E-state index contributed by atoms with van der Waals surface area (Å²) in [6, 6.07) is 6.22. The average molecular weight is 407 g/mol. The van der Waals surface area contributed by atoms with Crippen LogP contribution in [0.1, 0.15) is 43.4 Å². The normalized spacial score (nSPS) is 23.6. The largest absolute Gasteiger partial charge is 0.493 e. The molecule has 1 N–H and O–H groups in total. The first-order chi connectivity index (χ1) is 13.4. The lowest BCUT2D eigenvalue weighted by Crippen LogP contribution is -2.37. The molecule has 4 rings (SSSR count). The Morgan fingerprint density at radius 2 is 2.04 bits per heavy atom. The van der Waals surface area contributed by atoms with Crippen molar-refractivity contribution in [3.63, 3.8) is 0 Å². The summed E-state index contributed by atoms with van der Waals surface area (Å²) < 4.78 is 37.1. The minimum absolute atomic E-state index is 0.120. The zero-order valence-electron chi connectivity index (χ0n) is 16.7. The summed E-state index contributed by atoms with van der Waals surface area (Å²) >= 11 is 0. The first-order valence-corrected chi connectivity index (χ1v) is 12.1. The highest BCUT2D eigenvalue weighted by Crippen LogP contribution is 2.36. The summed E-state index contributed by atoms with van der Waals surface area (Å²) in [6.07, 6.45) is 7.54. The molecule has 0 unspecified atom stereocenters. The molecule has 0 radical (unpaired) electrons. The van der Waals surface area contributed by atoms with E-state index < -0.39 is 10.0 Å². The highest BCUT2D eigenvalue weighted by atomic mass is 32.2. The molecule has 1 aliphatic heterocycles. The van der Waals surface area contributed by atoms with Crippen LogP contribution in [-0.2, 0) is 23.0 Å². The summed E-state index contributed by atoms with van der Waals surface area (Å²) in [4.78, 5) is 2.48. The lowest BCUT2D eigenvalue weighted by atomic mass is 9.84. The van der Waals surface area contributed by atoms with Gasteiger partial charge in [-0.25, -0.2) is 13.1 Å². The van der Waals surface area contributed by atoms with Gasteiger partial charge in [-0.05, 0) is 57.1 Å². The molecule has 28 heavy (non-hydrogen) atoms. The van der Waals surface area contributed by atoms with E-state index in [9.17, 15) is 8.42 Å². The molecular formula is C21H30N2O4S. The minimum atomic E-state index is -3.09. The van der Waals surface area contributed by atoms with Crippen molar-refractivity contribution in [3.05, 3.63) is 29.5 Å². The minimum Gasteiger partial charge on any atom is -0.493 e. The fourth-order valence-corrected chi connectivity index (χ4v) is 5.58. The van der Waals surface area contributed by atoms with Crippen molar-refractivity contribution >= 4 is 21.0 Å². The van der Waals surface area contributed by atoms with Crippen LogP contribution in [0, 0.1) is 5.92 Å². The van der Waals surface area contributed by atoms with Crippen molar-refractivity contribution in [1.29, 1.82) is 0 Å². The smallest absolute Gasteiger partial charge is 0.208 e. The maximum absolute atomic E-state index is 11.4. The van der Waals surface area contributed by atoms with Gasteiger partial charge in [-0.3, -0.25) is 4.90 Å². The molecule has 0 atom stereocenters. The fraction of sp³-hybridized carbons (Fsp3) is 0.619. The number of fused-ring (bicyclic) bond motifs is 3. The topological polar surface area (TPSA) is 71.8 Å². The first kappa shape index (κ1) is 19.7. The molecule has 0 amide bonds. The molecule has 7 heteroatoms. The van der Waals surface area contributed by atoms with Gasteiger partial charge in [0.2, 0.25) is 10.0 Å². The van der Waals surface area contributed by atoms with Crippen LogP contribution < -0.4 is 9.46 Å². The molecule has 1 saturated carbocycles. The Labute approximate surface area is 167 Å².